The van der Waals surface area contributed by atoms with Gasteiger partial charge in [-0.1, -0.05) is 69.3 Å². The minimum Gasteiger partial charge on any atom is -0.366 e. The van der Waals surface area contributed by atoms with Crippen LogP contribution in [0.4, 0.5) is 11.5 Å². The van der Waals surface area contributed by atoms with Crippen LogP contribution in [-0.2, 0) is 12.0 Å². The molecule has 1 heterocycles. The molecule has 0 spiro atoms. The third kappa shape index (κ3) is 4.94. The molecular weight excluding hydrogens is 348 g/mol. The zero-order valence-corrected chi connectivity index (χ0v) is 16.8. The van der Waals surface area contributed by atoms with E-state index in [4.69, 9.17) is 0 Å². The number of hydrogen-bond acceptors (Lipinski definition) is 4. The lowest BCUT2D eigenvalue weighted by molar-refractivity contribution is 0.102. The van der Waals surface area contributed by atoms with E-state index in [9.17, 15) is 4.79 Å². The van der Waals surface area contributed by atoms with E-state index in [1.807, 2.05) is 54.6 Å². The topological polar surface area (TPSA) is 66.9 Å². The predicted octanol–water partition coefficient (Wildman–Crippen LogP) is 4.95. The number of hydrogen-bond donors (Lipinski definition) is 2. The lowest BCUT2D eigenvalue weighted by atomic mass is 9.86. The second-order valence-corrected chi connectivity index (χ2v) is 7.77. The summed E-state index contributed by atoms with van der Waals surface area (Å²) in [5.41, 5.74) is 3.29. The van der Waals surface area contributed by atoms with E-state index in [2.05, 4.69) is 41.4 Å². The van der Waals surface area contributed by atoms with Crippen LogP contribution in [0, 0.1) is 6.92 Å². The fraction of sp³-hybridized carbons (Fsp3) is 0.261. The first-order valence-electron chi connectivity index (χ1n) is 9.37. The van der Waals surface area contributed by atoms with Crippen LogP contribution >= 0.6 is 0 Å². The molecule has 0 saturated carbocycles. The van der Waals surface area contributed by atoms with Gasteiger partial charge in [0.2, 0.25) is 0 Å². The van der Waals surface area contributed by atoms with Crippen molar-refractivity contribution in [2.45, 2.75) is 39.7 Å². The van der Waals surface area contributed by atoms with Gasteiger partial charge in [0.25, 0.3) is 5.91 Å². The van der Waals surface area contributed by atoms with Gasteiger partial charge in [0.05, 0.1) is 0 Å². The molecule has 0 aliphatic heterocycles. The number of nitrogens with zero attached hydrogens (tertiary/aromatic N) is 2. The number of nitrogens with one attached hydrogen (secondary N) is 2. The standard InChI is InChI=1S/C23H26N4O/c1-16-25-20(14-21(26-16)24-15-17-10-6-5-7-11-17)22(28)27-19-13-9-8-12-18(19)23(2,3)4/h5-14H,15H2,1-4H3,(H,27,28)(H,24,25,26). The van der Waals surface area contributed by atoms with Crippen molar-refractivity contribution in [1.29, 1.82) is 0 Å². The predicted molar refractivity (Wildman–Crippen MR) is 114 cm³/mol. The lowest BCUT2D eigenvalue weighted by Gasteiger charge is -2.23. The molecule has 144 valence electrons. The van der Waals surface area contributed by atoms with Gasteiger partial charge >= 0.3 is 0 Å². The van der Waals surface area contributed by atoms with Gasteiger partial charge in [0, 0.05) is 18.3 Å². The average Bonchev–Trinajstić information content (AvgIpc) is 2.66. The van der Waals surface area contributed by atoms with E-state index in [0.29, 0.717) is 23.9 Å². The first-order chi connectivity index (χ1) is 13.3. The summed E-state index contributed by atoms with van der Waals surface area (Å²) in [6.07, 6.45) is 0. The Labute approximate surface area is 166 Å². The zero-order chi connectivity index (χ0) is 20.1. The summed E-state index contributed by atoms with van der Waals surface area (Å²) in [5.74, 6) is 0.933. The van der Waals surface area contributed by atoms with Crippen molar-refractivity contribution < 1.29 is 4.79 Å². The van der Waals surface area contributed by atoms with E-state index in [0.717, 1.165) is 16.8 Å². The summed E-state index contributed by atoms with van der Waals surface area (Å²) in [6.45, 7) is 8.79. The Morgan fingerprint density at radius 1 is 0.964 bits per heavy atom. The number of aryl methyl sites for hydroxylation is 1. The normalized spacial score (nSPS) is 11.1. The van der Waals surface area contributed by atoms with Crippen LogP contribution in [0.1, 0.15) is 48.2 Å². The number of benzene rings is 2. The molecule has 0 bridgehead atoms. The van der Waals surface area contributed by atoms with E-state index in [1.54, 1.807) is 13.0 Å². The molecule has 5 heteroatoms. The number of aromatic nitrogens is 2. The molecule has 0 fully saturated rings. The van der Waals surface area contributed by atoms with E-state index in [1.165, 1.54) is 0 Å². The van der Waals surface area contributed by atoms with Crippen LogP contribution in [-0.4, -0.2) is 15.9 Å². The number of anilines is 2. The van der Waals surface area contributed by atoms with Gasteiger partial charge in [-0.25, -0.2) is 9.97 Å². The van der Waals surface area contributed by atoms with Gasteiger partial charge in [-0.3, -0.25) is 4.79 Å². The van der Waals surface area contributed by atoms with E-state index >= 15 is 0 Å². The summed E-state index contributed by atoms with van der Waals surface area (Å²) in [7, 11) is 0. The maximum absolute atomic E-state index is 12.8. The molecule has 0 atom stereocenters. The first kappa shape index (κ1) is 19.5. The van der Waals surface area contributed by atoms with Gasteiger partial charge in [-0.05, 0) is 29.5 Å². The quantitative estimate of drug-likeness (QED) is 0.663. The highest BCUT2D eigenvalue weighted by Crippen LogP contribution is 2.29. The van der Waals surface area contributed by atoms with Crippen molar-refractivity contribution in [2.24, 2.45) is 0 Å². The molecule has 1 aromatic heterocycles. The SMILES string of the molecule is Cc1nc(NCc2ccccc2)cc(C(=O)Nc2ccccc2C(C)(C)C)n1. The minimum atomic E-state index is -0.245. The Hall–Kier alpha value is -3.21. The Morgan fingerprint density at radius 2 is 1.64 bits per heavy atom. The molecule has 3 aromatic rings. The molecule has 0 radical (unpaired) electrons. The molecule has 1 amide bonds. The summed E-state index contributed by atoms with van der Waals surface area (Å²) >= 11 is 0. The van der Waals surface area contributed by atoms with Gasteiger partial charge in [0.15, 0.2) is 0 Å². The average molecular weight is 374 g/mol. The largest absolute Gasteiger partial charge is 0.366 e. The van der Waals surface area contributed by atoms with Gasteiger partial charge in [0.1, 0.15) is 17.3 Å². The fourth-order valence-electron chi connectivity index (χ4n) is 3.00. The van der Waals surface area contributed by atoms with Crippen molar-refractivity contribution >= 4 is 17.4 Å². The van der Waals surface area contributed by atoms with Crippen molar-refractivity contribution in [3.8, 4) is 0 Å². The van der Waals surface area contributed by atoms with Crippen LogP contribution < -0.4 is 10.6 Å². The molecule has 2 N–H and O–H groups in total. The molecule has 2 aromatic carbocycles. The van der Waals surface area contributed by atoms with Crippen molar-refractivity contribution in [2.75, 3.05) is 10.6 Å². The highest BCUT2D eigenvalue weighted by atomic mass is 16.1. The number of carbonyl (C=O) groups is 1. The highest BCUT2D eigenvalue weighted by Gasteiger charge is 2.19. The van der Waals surface area contributed by atoms with Crippen LogP contribution in [0.25, 0.3) is 0 Å². The number of para-hydroxylation sites is 1. The Morgan fingerprint density at radius 3 is 2.36 bits per heavy atom. The highest BCUT2D eigenvalue weighted by molar-refractivity contribution is 6.03. The minimum absolute atomic E-state index is 0.0755. The smallest absolute Gasteiger partial charge is 0.274 e. The molecule has 3 rings (SSSR count). The molecule has 0 unspecified atom stereocenters. The molecule has 5 nitrogen and oxygen atoms in total. The van der Waals surface area contributed by atoms with Gasteiger partial charge in [-0.2, -0.15) is 0 Å². The van der Waals surface area contributed by atoms with Gasteiger partial charge in [-0.15, -0.1) is 0 Å². The molecular formula is C23H26N4O. The van der Waals surface area contributed by atoms with Crippen LogP contribution in [0.5, 0.6) is 0 Å². The number of amides is 1. The third-order valence-electron chi connectivity index (χ3n) is 4.37. The van der Waals surface area contributed by atoms with E-state index in [-0.39, 0.29) is 11.3 Å². The molecule has 28 heavy (non-hydrogen) atoms. The van der Waals surface area contributed by atoms with Crippen LogP contribution in [0.3, 0.4) is 0 Å². The van der Waals surface area contributed by atoms with Crippen LogP contribution in [0.15, 0.2) is 60.7 Å². The second kappa shape index (κ2) is 8.21. The zero-order valence-electron chi connectivity index (χ0n) is 16.8. The maximum Gasteiger partial charge on any atom is 0.274 e. The second-order valence-electron chi connectivity index (χ2n) is 7.77. The maximum atomic E-state index is 12.8. The van der Waals surface area contributed by atoms with Crippen molar-refractivity contribution in [3.05, 3.63) is 83.3 Å². The Kier molecular flexibility index (Phi) is 5.73. The summed E-state index contributed by atoms with van der Waals surface area (Å²) in [6, 6.07) is 19.6. The Balaban J connectivity index is 1.78. The number of carbonyl (C=O) groups excluding carboxylic acids is 1. The third-order valence-corrected chi connectivity index (χ3v) is 4.37. The van der Waals surface area contributed by atoms with Gasteiger partial charge < -0.3 is 10.6 Å². The monoisotopic (exact) mass is 374 g/mol. The summed E-state index contributed by atoms with van der Waals surface area (Å²) in [5, 5.41) is 6.27. The Bertz CT molecular complexity index is 962. The van der Waals surface area contributed by atoms with E-state index < -0.39 is 0 Å². The lowest BCUT2D eigenvalue weighted by Crippen LogP contribution is -2.20. The van der Waals surface area contributed by atoms with Crippen LogP contribution in [0.2, 0.25) is 0 Å². The molecule has 0 aliphatic rings. The fourth-order valence-corrected chi connectivity index (χ4v) is 3.00. The molecule has 0 saturated heterocycles. The number of rotatable bonds is 5. The van der Waals surface area contributed by atoms with Crippen molar-refractivity contribution in [3.63, 3.8) is 0 Å². The molecule has 0 aliphatic carbocycles. The van der Waals surface area contributed by atoms with Crippen molar-refractivity contribution in [1.82, 2.24) is 9.97 Å². The summed E-state index contributed by atoms with van der Waals surface area (Å²) in [4.78, 5) is 21.5. The summed E-state index contributed by atoms with van der Waals surface area (Å²) < 4.78 is 0. The first-order valence-corrected chi connectivity index (χ1v) is 9.37.